The van der Waals surface area contributed by atoms with Gasteiger partial charge in [-0.3, -0.25) is 9.78 Å². The van der Waals surface area contributed by atoms with E-state index in [0.29, 0.717) is 0 Å². The van der Waals surface area contributed by atoms with Crippen molar-refractivity contribution in [2.45, 2.75) is 25.8 Å². The minimum absolute atomic E-state index is 0.103. The third-order valence-corrected chi connectivity index (χ3v) is 3.64. The lowest BCUT2D eigenvalue weighted by molar-refractivity contribution is 0.500. The normalized spacial score (nSPS) is 12.9. The molecule has 0 radical (unpaired) electrons. The van der Waals surface area contributed by atoms with E-state index >= 15 is 0 Å². The predicted octanol–water partition coefficient (Wildman–Crippen LogP) is 1.97. The molecular formula is C15H20N6. The van der Waals surface area contributed by atoms with Gasteiger partial charge in [0.25, 0.3) is 0 Å². The molecule has 3 rings (SSSR count). The van der Waals surface area contributed by atoms with Gasteiger partial charge in [0.1, 0.15) is 12.2 Å². The fraction of sp³-hybridized carbons (Fsp3) is 0.400. The van der Waals surface area contributed by atoms with Crippen LogP contribution >= 0.6 is 0 Å². The van der Waals surface area contributed by atoms with Gasteiger partial charge in [0, 0.05) is 18.9 Å². The van der Waals surface area contributed by atoms with Crippen molar-refractivity contribution >= 4 is 10.9 Å². The number of para-hydroxylation sites is 1. The molecule has 0 aliphatic heterocycles. The van der Waals surface area contributed by atoms with Crippen LogP contribution in [-0.2, 0) is 13.5 Å². The van der Waals surface area contributed by atoms with Crippen molar-refractivity contribution in [1.29, 1.82) is 0 Å². The first-order valence-corrected chi connectivity index (χ1v) is 7.29. The first kappa shape index (κ1) is 13.8. The van der Waals surface area contributed by atoms with Crippen LogP contribution in [0, 0.1) is 0 Å². The van der Waals surface area contributed by atoms with E-state index in [4.69, 9.17) is 0 Å². The average molecular weight is 284 g/mol. The summed E-state index contributed by atoms with van der Waals surface area (Å²) >= 11 is 0. The van der Waals surface area contributed by atoms with E-state index in [1.165, 1.54) is 5.39 Å². The third kappa shape index (κ3) is 2.80. The van der Waals surface area contributed by atoms with Crippen LogP contribution in [0.15, 0.2) is 30.6 Å². The van der Waals surface area contributed by atoms with Crippen LogP contribution < -0.4 is 5.32 Å². The highest BCUT2D eigenvalue weighted by Crippen LogP contribution is 2.22. The minimum Gasteiger partial charge on any atom is -0.307 e. The number of benzene rings is 1. The van der Waals surface area contributed by atoms with E-state index in [2.05, 4.69) is 50.7 Å². The zero-order valence-electron chi connectivity index (χ0n) is 12.4. The molecule has 0 saturated heterocycles. The Hall–Kier alpha value is -2.21. The van der Waals surface area contributed by atoms with E-state index in [1.54, 1.807) is 6.33 Å². The minimum atomic E-state index is 0.103. The molecule has 110 valence electrons. The second-order valence-electron chi connectivity index (χ2n) is 5.17. The fourth-order valence-electron chi connectivity index (χ4n) is 2.60. The SMILES string of the molecule is CCCNC(Cc1nn(C)c2ccccc12)c1ncn[nH]1. The van der Waals surface area contributed by atoms with Gasteiger partial charge in [0.15, 0.2) is 0 Å². The number of hydrogen-bond acceptors (Lipinski definition) is 4. The van der Waals surface area contributed by atoms with Gasteiger partial charge in [-0.15, -0.1) is 0 Å². The van der Waals surface area contributed by atoms with Crippen molar-refractivity contribution in [3.8, 4) is 0 Å². The smallest absolute Gasteiger partial charge is 0.141 e. The number of H-pyrrole nitrogens is 1. The molecule has 0 saturated carbocycles. The van der Waals surface area contributed by atoms with E-state index in [0.717, 1.165) is 36.4 Å². The summed E-state index contributed by atoms with van der Waals surface area (Å²) in [6, 6.07) is 8.41. The molecule has 3 aromatic rings. The Morgan fingerprint density at radius 1 is 1.33 bits per heavy atom. The number of aromatic nitrogens is 5. The van der Waals surface area contributed by atoms with Gasteiger partial charge in [0.2, 0.25) is 0 Å². The largest absolute Gasteiger partial charge is 0.307 e. The molecule has 1 unspecified atom stereocenters. The summed E-state index contributed by atoms with van der Waals surface area (Å²) in [6.07, 6.45) is 3.41. The molecule has 0 fully saturated rings. The molecule has 0 aliphatic carbocycles. The van der Waals surface area contributed by atoms with Gasteiger partial charge < -0.3 is 5.32 Å². The lowest BCUT2D eigenvalue weighted by atomic mass is 10.1. The molecule has 0 spiro atoms. The molecule has 0 bridgehead atoms. The Balaban J connectivity index is 1.90. The maximum Gasteiger partial charge on any atom is 0.141 e. The van der Waals surface area contributed by atoms with Gasteiger partial charge in [-0.25, -0.2) is 4.98 Å². The van der Waals surface area contributed by atoms with E-state index in [1.807, 2.05) is 17.8 Å². The van der Waals surface area contributed by atoms with Crippen LogP contribution in [0.4, 0.5) is 0 Å². The Bertz CT molecular complexity index is 700. The molecule has 2 aromatic heterocycles. The topological polar surface area (TPSA) is 71.4 Å². The van der Waals surface area contributed by atoms with E-state index < -0.39 is 0 Å². The zero-order chi connectivity index (χ0) is 14.7. The molecule has 2 N–H and O–H groups in total. The number of rotatable bonds is 6. The van der Waals surface area contributed by atoms with Crippen LogP contribution in [0.2, 0.25) is 0 Å². The Labute approximate surface area is 123 Å². The molecule has 1 aromatic carbocycles. The fourth-order valence-corrected chi connectivity index (χ4v) is 2.60. The molecule has 0 aliphatic rings. The predicted molar refractivity (Wildman–Crippen MR) is 81.8 cm³/mol. The molecule has 21 heavy (non-hydrogen) atoms. The first-order valence-electron chi connectivity index (χ1n) is 7.29. The zero-order valence-corrected chi connectivity index (χ0v) is 12.4. The standard InChI is InChI=1S/C15H20N6/c1-3-8-16-13(15-17-10-18-19-15)9-12-11-6-4-5-7-14(11)21(2)20-12/h4-7,10,13,16H,3,8-9H2,1-2H3,(H,17,18,19). The quantitative estimate of drug-likeness (QED) is 0.726. The number of aryl methyl sites for hydroxylation is 1. The third-order valence-electron chi connectivity index (χ3n) is 3.64. The van der Waals surface area contributed by atoms with Crippen LogP contribution in [0.25, 0.3) is 10.9 Å². The Morgan fingerprint density at radius 2 is 2.19 bits per heavy atom. The summed E-state index contributed by atoms with van der Waals surface area (Å²) in [5.41, 5.74) is 2.23. The van der Waals surface area contributed by atoms with Crippen molar-refractivity contribution in [1.82, 2.24) is 30.3 Å². The molecule has 1 atom stereocenters. The summed E-state index contributed by atoms with van der Waals surface area (Å²) in [5, 5.41) is 16.3. The summed E-state index contributed by atoms with van der Waals surface area (Å²) < 4.78 is 1.93. The summed E-state index contributed by atoms with van der Waals surface area (Å²) in [6.45, 7) is 3.09. The van der Waals surface area contributed by atoms with Gasteiger partial charge in [-0.1, -0.05) is 25.1 Å². The second-order valence-corrected chi connectivity index (χ2v) is 5.17. The van der Waals surface area contributed by atoms with Gasteiger partial charge >= 0.3 is 0 Å². The van der Waals surface area contributed by atoms with Gasteiger partial charge in [0.05, 0.1) is 17.3 Å². The maximum absolute atomic E-state index is 4.66. The lowest BCUT2D eigenvalue weighted by Gasteiger charge is -2.14. The highest BCUT2D eigenvalue weighted by atomic mass is 15.3. The average Bonchev–Trinajstić information content (AvgIpc) is 3.13. The van der Waals surface area contributed by atoms with E-state index in [9.17, 15) is 0 Å². The monoisotopic (exact) mass is 284 g/mol. The van der Waals surface area contributed by atoms with Crippen LogP contribution in [-0.4, -0.2) is 31.5 Å². The van der Waals surface area contributed by atoms with Crippen LogP contribution in [0.5, 0.6) is 0 Å². The second kappa shape index (κ2) is 6.05. The Morgan fingerprint density at radius 3 is 2.95 bits per heavy atom. The Kier molecular flexibility index (Phi) is 3.96. The molecule has 6 nitrogen and oxygen atoms in total. The molecule has 6 heteroatoms. The molecular weight excluding hydrogens is 264 g/mol. The van der Waals surface area contributed by atoms with Gasteiger partial charge in [-0.05, 0) is 19.0 Å². The van der Waals surface area contributed by atoms with Crippen molar-refractivity contribution in [3.63, 3.8) is 0 Å². The number of nitrogens with zero attached hydrogens (tertiary/aromatic N) is 4. The van der Waals surface area contributed by atoms with Crippen LogP contribution in [0.1, 0.15) is 30.9 Å². The first-order chi connectivity index (χ1) is 10.3. The number of aromatic amines is 1. The summed E-state index contributed by atoms with van der Waals surface area (Å²) in [4.78, 5) is 4.29. The van der Waals surface area contributed by atoms with Crippen LogP contribution in [0.3, 0.4) is 0 Å². The van der Waals surface area contributed by atoms with Crippen molar-refractivity contribution in [2.24, 2.45) is 7.05 Å². The van der Waals surface area contributed by atoms with Crippen molar-refractivity contribution in [2.75, 3.05) is 6.54 Å². The van der Waals surface area contributed by atoms with Crippen molar-refractivity contribution < 1.29 is 0 Å². The van der Waals surface area contributed by atoms with Gasteiger partial charge in [-0.2, -0.15) is 10.2 Å². The summed E-state index contributed by atoms with van der Waals surface area (Å²) in [7, 11) is 1.98. The number of hydrogen-bond donors (Lipinski definition) is 2. The summed E-state index contributed by atoms with van der Waals surface area (Å²) in [5.74, 6) is 0.859. The highest BCUT2D eigenvalue weighted by Gasteiger charge is 2.18. The van der Waals surface area contributed by atoms with Crippen molar-refractivity contribution in [3.05, 3.63) is 42.1 Å². The maximum atomic E-state index is 4.66. The lowest BCUT2D eigenvalue weighted by Crippen LogP contribution is -2.25. The molecule has 0 amide bonds. The highest BCUT2D eigenvalue weighted by molar-refractivity contribution is 5.81. The van der Waals surface area contributed by atoms with E-state index in [-0.39, 0.29) is 6.04 Å². The number of fused-ring (bicyclic) bond motifs is 1. The number of nitrogens with one attached hydrogen (secondary N) is 2. The molecule has 2 heterocycles.